The third kappa shape index (κ3) is 2.79. The first-order valence-electron chi connectivity index (χ1n) is 5.29. The fourth-order valence-corrected chi connectivity index (χ4v) is 1.97. The predicted molar refractivity (Wildman–Crippen MR) is 77.8 cm³/mol. The van der Waals surface area contributed by atoms with E-state index in [0.29, 0.717) is 5.82 Å². The van der Waals surface area contributed by atoms with Crippen molar-refractivity contribution >= 4 is 34.3 Å². The van der Waals surface area contributed by atoms with Crippen LogP contribution in [0.2, 0.25) is 0 Å². The molecule has 92 valence electrons. The minimum Gasteiger partial charge on any atom is -0.507 e. The van der Waals surface area contributed by atoms with Gasteiger partial charge in [-0.05, 0) is 59.3 Å². The summed E-state index contributed by atoms with van der Waals surface area (Å²) in [5, 5.41) is 12.3. The number of aromatic nitrogens is 1. The molecule has 0 atom stereocenters. The van der Waals surface area contributed by atoms with E-state index in [2.05, 4.69) is 32.9 Å². The van der Waals surface area contributed by atoms with Crippen molar-refractivity contribution in [2.45, 2.75) is 6.92 Å². The minimum absolute atomic E-state index is 0.0403. The summed E-state index contributed by atoms with van der Waals surface area (Å²) in [5.41, 5.74) is 1.11. The molecule has 0 radical (unpaired) electrons. The lowest BCUT2D eigenvalue weighted by Gasteiger charge is -2.08. The summed E-state index contributed by atoms with van der Waals surface area (Å²) in [4.78, 5) is 16.1. The van der Waals surface area contributed by atoms with Crippen LogP contribution in [0, 0.1) is 10.5 Å². The SMILES string of the molecule is Cc1cccnc1NC(=O)c1cc(I)ccc1O. The fourth-order valence-electron chi connectivity index (χ4n) is 1.48. The van der Waals surface area contributed by atoms with Crippen molar-refractivity contribution in [1.29, 1.82) is 0 Å². The monoisotopic (exact) mass is 354 g/mol. The van der Waals surface area contributed by atoms with Crippen LogP contribution in [0.25, 0.3) is 0 Å². The zero-order valence-electron chi connectivity index (χ0n) is 9.64. The maximum Gasteiger partial charge on any atom is 0.260 e. The third-order valence-corrected chi connectivity index (χ3v) is 3.12. The number of carbonyl (C=O) groups excluding carboxylic acids is 1. The number of halogens is 1. The Morgan fingerprint density at radius 3 is 2.89 bits per heavy atom. The highest BCUT2D eigenvalue weighted by Gasteiger charge is 2.13. The zero-order valence-corrected chi connectivity index (χ0v) is 11.8. The Morgan fingerprint density at radius 1 is 1.39 bits per heavy atom. The molecule has 0 fully saturated rings. The molecule has 0 bridgehead atoms. The van der Waals surface area contributed by atoms with Crippen LogP contribution in [0.1, 0.15) is 15.9 Å². The molecular formula is C13H11IN2O2. The lowest BCUT2D eigenvalue weighted by Crippen LogP contribution is -2.14. The Kier molecular flexibility index (Phi) is 3.81. The summed E-state index contributed by atoms with van der Waals surface area (Å²) in [5.74, 6) is 0.0927. The molecule has 2 N–H and O–H groups in total. The van der Waals surface area contributed by atoms with Crippen molar-refractivity contribution < 1.29 is 9.90 Å². The van der Waals surface area contributed by atoms with Gasteiger partial charge in [0.05, 0.1) is 5.56 Å². The molecule has 1 aromatic heterocycles. The maximum absolute atomic E-state index is 12.0. The van der Waals surface area contributed by atoms with E-state index < -0.39 is 0 Å². The van der Waals surface area contributed by atoms with Gasteiger partial charge in [0.2, 0.25) is 0 Å². The molecule has 0 aliphatic rings. The number of benzene rings is 1. The summed E-state index contributed by atoms with van der Waals surface area (Å²) in [6, 6.07) is 8.52. The highest BCUT2D eigenvalue weighted by Crippen LogP contribution is 2.21. The number of aryl methyl sites for hydroxylation is 1. The van der Waals surface area contributed by atoms with Crippen molar-refractivity contribution in [1.82, 2.24) is 4.98 Å². The highest BCUT2D eigenvalue weighted by molar-refractivity contribution is 14.1. The van der Waals surface area contributed by atoms with E-state index in [4.69, 9.17) is 0 Å². The van der Waals surface area contributed by atoms with E-state index in [-0.39, 0.29) is 17.2 Å². The Morgan fingerprint density at radius 2 is 2.17 bits per heavy atom. The molecule has 0 saturated carbocycles. The molecule has 0 saturated heterocycles. The molecule has 2 aromatic rings. The number of phenols is 1. The Hall–Kier alpha value is -1.63. The van der Waals surface area contributed by atoms with Crippen LogP contribution < -0.4 is 5.32 Å². The number of hydrogen-bond acceptors (Lipinski definition) is 3. The van der Waals surface area contributed by atoms with Gasteiger partial charge >= 0.3 is 0 Å². The minimum atomic E-state index is -0.368. The largest absolute Gasteiger partial charge is 0.507 e. The lowest BCUT2D eigenvalue weighted by atomic mass is 10.2. The summed E-state index contributed by atoms with van der Waals surface area (Å²) in [6.07, 6.45) is 1.61. The first-order valence-corrected chi connectivity index (χ1v) is 6.37. The molecular weight excluding hydrogens is 343 g/mol. The number of pyridine rings is 1. The van der Waals surface area contributed by atoms with Crippen LogP contribution in [0.5, 0.6) is 5.75 Å². The summed E-state index contributed by atoms with van der Waals surface area (Å²) in [7, 11) is 0. The topological polar surface area (TPSA) is 62.2 Å². The van der Waals surface area contributed by atoms with Gasteiger partial charge in [0.15, 0.2) is 0 Å². The van der Waals surface area contributed by atoms with E-state index in [9.17, 15) is 9.90 Å². The highest BCUT2D eigenvalue weighted by atomic mass is 127. The number of aromatic hydroxyl groups is 1. The van der Waals surface area contributed by atoms with Gasteiger partial charge in [-0.1, -0.05) is 6.07 Å². The average Bonchev–Trinajstić information content (AvgIpc) is 2.35. The van der Waals surface area contributed by atoms with Crippen molar-refractivity contribution in [2.75, 3.05) is 5.32 Å². The van der Waals surface area contributed by atoms with Gasteiger partial charge in [0.25, 0.3) is 5.91 Å². The number of rotatable bonds is 2. The molecule has 0 aliphatic heterocycles. The van der Waals surface area contributed by atoms with Gasteiger partial charge in [-0.15, -0.1) is 0 Å². The number of hydrogen-bond donors (Lipinski definition) is 2. The maximum atomic E-state index is 12.0. The predicted octanol–water partition coefficient (Wildman–Crippen LogP) is 2.95. The van der Waals surface area contributed by atoms with Crippen LogP contribution >= 0.6 is 22.6 Å². The standard InChI is InChI=1S/C13H11IN2O2/c1-8-3-2-6-15-12(8)16-13(18)10-7-9(14)4-5-11(10)17/h2-7,17H,1H3,(H,15,16,18). The molecule has 1 amide bonds. The van der Waals surface area contributed by atoms with Gasteiger partial charge in [0.1, 0.15) is 11.6 Å². The van der Waals surface area contributed by atoms with E-state index in [0.717, 1.165) is 9.13 Å². The zero-order chi connectivity index (χ0) is 13.1. The second-order valence-corrected chi connectivity index (χ2v) is 5.03. The molecule has 5 heteroatoms. The molecule has 18 heavy (non-hydrogen) atoms. The second kappa shape index (κ2) is 5.34. The summed E-state index contributed by atoms with van der Waals surface area (Å²) >= 11 is 2.09. The molecule has 1 heterocycles. The number of nitrogens with zero attached hydrogens (tertiary/aromatic N) is 1. The first kappa shape index (κ1) is 12.8. The Labute approximate surface area is 118 Å². The van der Waals surface area contributed by atoms with Gasteiger partial charge < -0.3 is 10.4 Å². The average molecular weight is 354 g/mol. The summed E-state index contributed by atoms with van der Waals surface area (Å²) in [6.45, 7) is 1.86. The Bertz CT molecular complexity index is 599. The van der Waals surface area contributed by atoms with E-state index >= 15 is 0 Å². The summed E-state index contributed by atoms with van der Waals surface area (Å²) < 4.78 is 0.883. The number of carbonyl (C=O) groups is 1. The van der Waals surface area contributed by atoms with Gasteiger partial charge in [0, 0.05) is 9.77 Å². The number of phenolic OH excluding ortho intramolecular Hbond substituents is 1. The smallest absolute Gasteiger partial charge is 0.260 e. The van der Waals surface area contributed by atoms with Crippen LogP contribution in [0.15, 0.2) is 36.5 Å². The Balaban J connectivity index is 2.28. The van der Waals surface area contributed by atoms with Gasteiger partial charge in [-0.2, -0.15) is 0 Å². The van der Waals surface area contributed by atoms with E-state index in [1.165, 1.54) is 6.07 Å². The van der Waals surface area contributed by atoms with E-state index in [1.807, 2.05) is 13.0 Å². The number of anilines is 1. The molecule has 0 aliphatic carbocycles. The fraction of sp³-hybridized carbons (Fsp3) is 0.0769. The van der Waals surface area contributed by atoms with Crippen LogP contribution in [-0.4, -0.2) is 16.0 Å². The van der Waals surface area contributed by atoms with Gasteiger partial charge in [-0.25, -0.2) is 4.98 Å². The van der Waals surface area contributed by atoms with Crippen molar-refractivity contribution in [3.8, 4) is 5.75 Å². The third-order valence-electron chi connectivity index (χ3n) is 2.44. The van der Waals surface area contributed by atoms with Crippen molar-refractivity contribution in [3.63, 3.8) is 0 Å². The molecule has 1 aromatic carbocycles. The number of nitrogens with one attached hydrogen (secondary N) is 1. The number of amides is 1. The van der Waals surface area contributed by atoms with E-state index in [1.54, 1.807) is 24.4 Å². The quantitative estimate of drug-likeness (QED) is 0.816. The van der Waals surface area contributed by atoms with Crippen molar-refractivity contribution in [3.05, 3.63) is 51.2 Å². The second-order valence-electron chi connectivity index (χ2n) is 3.78. The lowest BCUT2D eigenvalue weighted by molar-refractivity contribution is 0.102. The normalized spacial score (nSPS) is 10.1. The first-order chi connectivity index (χ1) is 8.58. The van der Waals surface area contributed by atoms with Crippen LogP contribution in [0.3, 0.4) is 0 Å². The molecule has 4 nitrogen and oxygen atoms in total. The van der Waals surface area contributed by atoms with Crippen LogP contribution in [-0.2, 0) is 0 Å². The molecule has 0 unspecified atom stereocenters. The van der Waals surface area contributed by atoms with Crippen molar-refractivity contribution in [2.24, 2.45) is 0 Å². The molecule has 2 rings (SSSR count). The molecule has 0 spiro atoms. The van der Waals surface area contributed by atoms with Gasteiger partial charge in [-0.3, -0.25) is 4.79 Å². The van der Waals surface area contributed by atoms with Crippen LogP contribution in [0.4, 0.5) is 5.82 Å².